The Morgan fingerprint density at radius 1 is 1.28 bits per heavy atom. The van der Waals surface area contributed by atoms with Crippen molar-refractivity contribution >= 4 is 5.69 Å². The monoisotopic (exact) mass is 244 g/mol. The van der Waals surface area contributed by atoms with Gasteiger partial charge in [0, 0.05) is 31.9 Å². The largest absolute Gasteiger partial charge is 0.508 e. The summed E-state index contributed by atoms with van der Waals surface area (Å²) in [6.45, 7) is 4.27. The van der Waals surface area contributed by atoms with Crippen LogP contribution in [0.1, 0.15) is 36.3 Å². The smallest absolute Gasteiger partial charge is 0.116 e. The average Bonchev–Trinajstić information content (AvgIpc) is 2.73. The van der Waals surface area contributed by atoms with E-state index in [1.807, 2.05) is 12.1 Å². The first-order valence-corrected chi connectivity index (χ1v) is 7.14. The van der Waals surface area contributed by atoms with Gasteiger partial charge in [-0.3, -0.25) is 0 Å². The summed E-state index contributed by atoms with van der Waals surface area (Å²) in [4.78, 5) is 2.55. The number of hydrogen-bond donors (Lipinski definition) is 2. The summed E-state index contributed by atoms with van der Waals surface area (Å²) in [6.07, 6.45) is 4.02. The van der Waals surface area contributed by atoms with E-state index in [1.54, 1.807) is 0 Å². The first-order chi connectivity index (χ1) is 8.83. The lowest BCUT2D eigenvalue weighted by Gasteiger charge is -2.39. The van der Waals surface area contributed by atoms with Gasteiger partial charge < -0.3 is 15.3 Å². The molecular formula is C15H20N2O. The number of aromatic hydroxyl groups is 1. The van der Waals surface area contributed by atoms with Crippen LogP contribution in [0.25, 0.3) is 0 Å². The third-order valence-corrected chi connectivity index (χ3v) is 4.91. The second kappa shape index (κ2) is 3.89. The van der Waals surface area contributed by atoms with Crippen molar-refractivity contribution in [2.75, 3.05) is 24.5 Å². The van der Waals surface area contributed by atoms with Crippen LogP contribution < -0.4 is 10.2 Å². The van der Waals surface area contributed by atoms with Crippen LogP contribution in [0.5, 0.6) is 5.75 Å². The topological polar surface area (TPSA) is 35.5 Å². The number of phenols is 1. The van der Waals surface area contributed by atoms with Gasteiger partial charge in [-0.05, 0) is 47.9 Å². The van der Waals surface area contributed by atoms with E-state index in [0.717, 1.165) is 25.6 Å². The van der Waals surface area contributed by atoms with E-state index >= 15 is 0 Å². The molecule has 3 aliphatic rings. The van der Waals surface area contributed by atoms with E-state index in [2.05, 4.69) is 10.2 Å². The second-order valence-corrected chi connectivity index (χ2v) is 5.96. The maximum absolute atomic E-state index is 9.98. The summed E-state index contributed by atoms with van der Waals surface area (Å²) in [6, 6.07) is 3.97. The fraction of sp³-hybridized carbons (Fsp3) is 0.600. The van der Waals surface area contributed by atoms with Crippen LogP contribution in [0.2, 0.25) is 0 Å². The fourth-order valence-electron chi connectivity index (χ4n) is 4.18. The molecule has 1 fully saturated rings. The highest BCUT2D eigenvalue weighted by Crippen LogP contribution is 2.49. The molecule has 2 aliphatic heterocycles. The number of nitrogens with one attached hydrogen (secondary N) is 1. The second-order valence-electron chi connectivity index (χ2n) is 5.96. The lowest BCUT2D eigenvalue weighted by atomic mass is 9.82. The summed E-state index contributed by atoms with van der Waals surface area (Å²) in [5, 5.41) is 13.4. The van der Waals surface area contributed by atoms with Gasteiger partial charge in [0.2, 0.25) is 0 Å². The molecule has 96 valence electrons. The Hall–Kier alpha value is -1.22. The molecule has 0 amide bonds. The van der Waals surface area contributed by atoms with E-state index < -0.39 is 0 Å². The fourth-order valence-corrected chi connectivity index (χ4v) is 4.18. The molecule has 2 heterocycles. The van der Waals surface area contributed by atoms with Crippen LogP contribution in [0.3, 0.4) is 0 Å². The minimum atomic E-state index is 0.444. The first-order valence-electron chi connectivity index (χ1n) is 7.14. The summed E-state index contributed by atoms with van der Waals surface area (Å²) in [5.74, 6) is 1.95. The quantitative estimate of drug-likeness (QED) is 0.734. The van der Waals surface area contributed by atoms with Gasteiger partial charge in [0.15, 0.2) is 0 Å². The molecule has 4 rings (SSSR count). The minimum absolute atomic E-state index is 0.444. The molecule has 2 atom stereocenters. The first kappa shape index (κ1) is 10.7. The lowest BCUT2D eigenvalue weighted by Crippen LogP contribution is -2.38. The Morgan fingerprint density at radius 3 is 3.17 bits per heavy atom. The van der Waals surface area contributed by atoms with Gasteiger partial charge in [0.1, 0.15) is 5.75 Å². The molecule has 0 aromatic heterocycles. The molecule has 1 aliphatic carbocycles. The summed E-state index contributed by atoms with van der Waals surface area (Å²) in [7, 11) is 0. The molecule has 1 saturated carbocycles. The summed E-state index contributed by atoms with van der Waals surface area (Å²) >= 11 is 0. The average molecular weight is 244 g/mol. The molecule has 0 radical (unpaired) electrons. The molecule has 18 heavy (non-hydrogen) atoms. The van der Waals surface area contributed by atoms with Crippen LogP contribution >= 0.6 is 0 Å². The molecule has 2 unspecified atom stereocenters. The van der Waals surface area contributed by atoms with Crippen molar-refractivity contribution < 1.29 is 5.11 Å². The van der Waals surface area contributed by atoms with Crippen molar-refractivity contribution in [3.8, 4) is 5.75 Å². The number of hydrogen-bond acceptors (Lipinski definition) is 3. The predicted molar refractivity (Wildman–Crippen MR) is 72.1 cm³/mol. The zero-order chi connectivity index (χ0) is 12.1. The maximum atomic E-state index is 9.98. The number of rotatable bonds is 0. The molecule has 1 aromatic carbocycles. The van der Waals surface area contributed by atoms with Gasteiger partial charge >= 0.3 is 0 Å². The van der Waals surface area contributed by atoms with Crippen molar-refractivity contribution in [2.24, 2.45) is 5.92 Å². The SMILES string of the molecule is Oc1cc2c3c(c1)C1CCCC1CN3CCNC2. The normalized spacial score (nSPS) is 29.7. The van der Waals surface area contributed by atoms with Crippen LogP contribution in [0.4, 0.5) is 5.69 Å². The molecule has 0 bridgehead atoms. The Kier molecular flexibility index (Phi) is 2.31. The van der Waals surface area contributed by atoms with E-state index in [0.29, 0.717) is 11.7 Å². The van der Waals surface area contributed by atoms with Crippen molar-refractivity contribution in [2.45, 2.75) is 31.7 Å². The Labute approximate surface area is 108 Å². The van der Waals surface area contributed by atoms with Crippen molar-refractivity contribution in [3.63, 3.8) is 0 Å². The number of anilines is 1. The minimum Gasteiger partial charge on any atom is -0.508 e. The predicted octanol–water partition coefficient (Wildman–Crippen LogP) is 2.20. The van der Waals surface area contributed by atoms with Crippen LogP contribution in [-0.4, -0.2) is 24.7 Å². The van der Waals surface area contributed by atoms with Gasteiger partial charge in [-0.1, -0.05) is 6.42 Å². The van der Waals surface area contributed by atoms with Gasteiger partial charge in [-0.15, -0.1) is 0 Å². The molecule has 3 heteroatoms. The zero-order valence-corrected chi connectivity index (χ0v) is 10.7. The van der Waals surface area contributed by atoms with Crippen LogP contribution in [-0.2, 0) is 6.54 Å². The van der Waals surface area contributed by atoms with Crippen molar-refractivity contribution in [1.82, 2.24) is 5.32 Å². The highest BCUT2D eigenvalue weighted by Gasteiger charge is 2.38. The number of fused-ring (bicyclic) bond motifs is 2. The third kappa shape index (κ3) is 1.46. The van der Waals surface area contributed by atoms with Crippen molar-refractivity contribution in [1.29, 1.82) is 0 Å². The molecular weight excluding hydrogens is 224 g/mol. The van der Waals surface area contributed by atoms with Crippen LogP contribution in [0.15, 0.2) is 12.1 Å². The van der Waals surface area contributed by atoms with E-state index in [9.17, 15) is 5.11 Å². The Bertz CT molecular complexity index is 486. The number of phenolic OH excluding ortho intramolecular Hbond substituents is 1. The van der Waals surface area contributed by atoms with E-state index in [1.165, 1.54) is 42.6 Å². The Balaban J connectivity index is 1.91. The highest BCUT2D eigenvalue weighted by molar-refractivity contribution is 5.66. The lowest BCUT2D eigenvalue weighted by molar-refractivity contribution is 0.445. The third-order valence-electron chi connectivity index (χ3n) is 4.91. The van der Waals surface area contributed by atoms with Crippen molar-refractivity contribution in [3.05, 3.63) is 23.3 Å². The van der Waals surface area contributed by atoms with Gasteiger partial charge in [0.25, 0.3) is 0 Å². The van der Waals surface area contributed by atoms with Gasteiger partial charge in [0.05, 0.1) is 0 Å². The molecule has 0 spiro atoms. The van der Waals surface area contributed by atoms with E-state index in [-0.39, 0.29) is 0 Å². The molecule has 3 nitrogen and oxygen atoms in total. The highest BCUT2D eigenvalue weighted by atomic mass is 16.3. The van der Waals surface area contributed by atoms with Gasteiger partial charge in [-0.2, -0.15) is 0 Å². The number of nitrogens with zero attached hydrogens (tertiary/aromatic N) is 1. The van der Waals surface area contributed by atoms with E-state index in [4.69, 9.17) is 0 Å². The summed E-state index contributed by atoms with van der Waals surface area (Å²) in [5.41, 5.74) is 4.14. The summed E-state index contributed by atoms with van der Waals surface area (Å²) < 4.78 is 0. The van der Waals surface area contributed by atoms with Gasteiger partial charge in [-0.25, -0.2) is 0 Å². The molecule has 2 N–H and O–H groups in total. The molecule has 0 saturated heterocycles. The Morgan fingerprint density at radius 2 is 2.22 bits per heavy atom. The molecule has 1 aromatic rings. The van der Waals surface area contributed by atoms with Crippen LogP contribution in [0, 0.1) is 5.92 Å². The zero-order valence-electron chi connectivity index (χ0n) is 10.7. The maximum Gasteiger partial charge on any atom is 0.116 e. The standard InChI is InChI=1S/C15H20N2O/c18-12-6-11-8-16-4-5-17-9-10-2-1-3-13(10)14(7-12)15(11)17/h6-7,10,13,16,18H,1-5,8-9H2. The number of benzene rings is 1.